The quantitative estimate of drug-likeness (QED) is 0.664. The van der Waals surface area contributed by atoms with Crippen molar-refractivity contribution >= 4 is 34.8 Å². The van der Waals surface area contributed by atoms with E-state index in [1.165, 1.54) is 16.7 Å². The molecular weight excluding hydrogens is 386 g/mol. The van der Waals surface area contributed by atoms with Gasteiger partial charge in [-0.05, 0) is 42.7 Å². The van der Waals surface area contributed by atoms with Crippen LogP contribution in [0.1, 0.15) is 25.0 Å². The molecule has 0 aliphatic carbocycles. The molecule has 0 saturated carbocycles. The smallest absolute Gasteiger partial charge is 0.272 e. The van der Waals surface area contributed by atoms with Gasteiger partial charge in [0.2, 0.25) is 0 Å². The lowest BCUT2D eigenvalue weighted by atomic mass is 10.0. The summed E-state index contributed by atoms with van der Waals surface area (Å²) >= 11 is 1.21. The summed E-state index contributed by atoms with van der Waals surface area (Å²) in [5, 5.41) is 9.21. The summed E-state index contributed by atoms with van der Waals surface area (Å²) in [6.45, 7) is 6.64. The van der Waals surface area contributed by atoms with E-state index in [2.05, 4.69) is 13.8 Å². The maximum absolute atomic E-state index is 13.2. The average molecular weight is 412 g/mol. The van der Waals surface area contributed by atoms with Gasteiger partial charge in [0.05, 0.1) is 29.4 Å². The molecule has 3 rings (SSSR count). The van der Waals surface area contributed by atoms with Crippen molar-refractivity contribution in [3.63, 3.8) is 0 Å². The second-order valence-corrected chi connectivity index (χ2v) is 8.39. The molecule has 1 N–H and O–H groups in total. The van der Waals surface area contributed by atoms with Crippen LogP contribution in [-0.4, -0.2) is 35.9 Å². The van der Waals surface area contributed by atoms with E-state index in [1.54, 1.807) is 24.3 Å². The van der Waals surface area contributed by atoms with Crippen molar-refractivity contribution in [3.8, 4) is 5.75 Å². The van der Waals surface area contributed by atoms with Crippen molar-refractivity contribution in [3.05, 3.63) is 64.6 Å². The summed E-state index contributed by atoms with van der Waals surface area (Å²) in [6, 6.07) is 14.5. The molecule has 0 unspecified atom stereocenters. The number of nitrogens with zero attached hydrogens (tertiary/aromatic N) is 1. The van der Waals surface area contributed by atoms with Gasteiger partial charge < -0.3 is 9.84 Å². The zero-order chi connectivity index (χ0) is 21.0. The third-order valence-electron chi connectivity index (χ3n) is 4.40. The number of carbonyl (C=O) groups excluding carboxylic acids is 2. The van der Waals surface area contributed by atoms with E-state index >= 15 is 0 Å². The lowest BCUT2D eigenvalue weighted by molar-refractivity contribution is -0.119. The molecule has 0 spiro atoms. The first-order valence-corrected chi connectivity index (χ1v) is 10.6. The number of hydrogen-bond acceptors (Lipinski definition) is 5. The monoisotopic (exact) mass is 411 g/mol. The van der Waals surface area contributed by atoms with Gasteiger partial charge in [0.25, 0.3) is 11.8 Å². The minimum absolute atomic E-state index is 0.0707. The van der Waals surface area contributed by atoms with Crippen LogP contribution >= 0.6 is 11.8 Å². The zero-order valence-corrected chi connectivity index (χ0v) is 17.7. The molecule has 1 aliphatic rings. The number of rotatable bonds is 8. The van der Waals surface area contributed by atoms with Crippen LogP contribution in [0.5, 0.6) is 5.75 Å². The van der Waals surface area contributed by atoms with Crippen molar-refractivity contribution in [2.45, 2.75) is 20.8 Å². The number of ether oxygens (including phenoxy) is 1. The molecule has 0 fully saturated rings. The topological polar surface area (TPSA) is 66.8 Å². The first-order valence-electron chi connectivity index (χ1n) is 9.59. The van der Waals surface area contributed by atoms with Crippen LogP contribution in [0.4, 0.5) is 5.69 Å². The van der Waals surface area contributed by atoms with Gasteiger partial charge in [-0.3, -0.25) is 9.59 Å². The summed E-state index contributed by atoms with van der Waals surface area (Å²) in [4.78, 5) is 27.9. The first-order chi connectivity index (χ1) is 13.9. The summed E-state index contributed by atoms with van der Waals surface area (Å²) in [5.74, 6) is 0.737. The number of hydrogen-bond donors (Lipinski definition) is 1. The third kappa shape index (κ3) is 4.71. The van der Waals surface area contributed by atoms with Crippen LogP contribution in [0.2, 0.25) is 0 Å². The number of amides is 2. The molecule has 1 aliphatic heterocycles. The van der Waals surface area contributed by atoms with E-state index in [0.717, 1.165) is 5.56 Å². The maximum Gasteiger partial charge on any atom is 0.272 e. The van der Waals surface area contributed by atoms with Crippen LogP contribution in [0.15, 0.2) is 53.4 Å². The Balaban J connectivity index is 1.91. The highest BCUT2D eigenvalue weighted by Crippen LogP contribution is 2.38. The molecule has 152 valence electrons. The number of imide groups is 1. The van der Waals surface area contributed by atoms with Crippen molar-refractivity contribution in [2.24, 2.45) is 5.92 Å². The Hall–Kier alpha value is -2.57. The number of benzene rings is 2. The number of aliphatic hydroxyl groups is 1. The second kappa shape index (κ2) is 9.29. The predicted molar refractivity (Wildman–Crippen MR) is 117 cm³/mol. The summed E-state index contributed by atoms with van der Waals surface area (Å²) in [5.41, 5.74) is 2.66. The van der Waals surface area contributed by atoms with Gasteiger partial charge in [-0.2, -0.15) is 0 Å². The fraction of sp³-hybridized carbons (Fsp3) is 0.304. The highest BCUT2D eigenvalue weighted by molar-refractivity contribution is 8.04. The minimum Gasteiger partial charge on any atom is -0.493 e. The van der Waals surface area contributed by atoms with Crippen molar-refractivity contribution in [1.29, 1.82) is 0 Å². The highest BCUT2D eigenvalue weighted by atomic mass is 32.2. The largest absolute Gasteiger partial charge is 0.493 e. The molecule has 0 aromatic heterocycles. The summed E-state index contributed by atoms with van der Waals surface area (Å²) < 4.78 is 5.68. The molecule has 5 nitrogen and oxygen atoms in total. The van der Waals surface area contributed by atoms with Gasteiger partial charge in [0, 0.05) is 5.75 Å². The Morgan fingerprint density at radius 1 is 1.00 bits per heavy atom. The van der Waals surface area contributed by atoms with Crippen LogP contribution in [0, 0.1) is 12.8 Å². The average Bonchev–Trinajstić information content (AvgIpc) is 2.95. The fourth-order valence-corrected chi connectivity index (χ4v) is 3.81. The Morgan fingerprint density at radius 2 is 1.66 bits per heavy atom. The molecule has 0 radical (unpaired) electrons. The van der Waals surface area contributed by atoms with Crippen LogP contribution in [0.3, 0.4) is 0 Å². The Kier molecular flexibility index (Phi) is 6.77. The number of anilines is 1. The molecule has 0 saturated heterocycles. The van der Waals surface area contributed by atoms with Gasteiger partial charge in [0.1, 0.15) is 5.75 Å². The molecule has 0 bridgehead atoms. The molecule has 2 amide bonds. The van der Waals surface area contributed by atoms with E-state index in [4.69, 9.17) is 4.74 Å². The van der Waals surface area contributed by atoms with E-state index in [-0.39, 0.29) is 18.4 Å². The number of aliphatic hydroxyl groups excluding tert-OH is 1. The van der Waals surface area contributed by atoms with E-state index < -0.39 is 0 Å². The summed E-state index contributed by atoms with van der Waals surface area (Å²) in [6.07, 6.45) is 0. The lowest BCUT2D eigenvalue weighted by Crippen LogP contribution is -2.31. The number of carbonyl (C=O) groups is 2. The van der Waals surface area contributed by atoms with Gasteiger partial charge in [-0.15, -0.1) is 11.8 Å². The van der Waals surface area contributed by atoms with Crippen molar-refractivity contribution < 1.29 is 19.4 Å². The van der Waals surface area contributed by atoms with Crippen molar-refractivity contribution in [1.82, 2.24) is 0 Å². The van der Waals surface area contributed by atoms with Gasteiger partial charge in [0.15, 0.2) is 0 Å². The fourth-order valence-electron chi connectivity index (χ4n) is 2.95. The zero-order valence-electron chi connectivity index (χ0n) is 16.8. The van der Waals surface area contributed by atoms with Gasteiger partial charge >= 0.3 is 0 Å². The first kappa shape index (κ1) is 21.1. The Morgan fingerprint density at radius 3 is 2.24 bits per heavy atom. The number of thioether (sulfide) groups is 1. The molecule has 29 heavy (non-hydrogen) atoms. The summed E-state index contributed by atoms with van der Waals surface area (Å²) in [7, 11) is 0. The standard InChI is InChI=1S/C23H25NO4S/c1-15(2)14-28-19-10-8-18(9-11-19)24-22(26)20(17-6-4-16(3)5-7-17)21(23(24)27)29-13-12-25/h4-11,15,25H,12-14H2,1-3H3. The van der Waals surface area contributed by atoms with Crippen LogP contribution in [0.25, 0.3) is 5.57 Å². The maximum atomic E-state index is 13.2. The van der Waals surface area contributed by atoms with Crippen molar-refractivity contribution in [2.75, 3.05) is 23.9 Å². The van der Waals surface area contributed by atoms with Crippen LogP contribution in [-0.2, 0) is 9.59 Å². The molecule has 0 atom stereocenters. The van der Waals surface area contributed by atoms with E-state index in [0.29, 0.717) is 45.8 Å². The van der Waals surface area contributed by atoms with Gasteiger partial charge in [-0.25, -0.2) is 4.90 Å². The highest BCUT2D eigenvalue weighted by Gasteiger charge is 2.40. The third-order valence-corrected chi connectivity index (χ3v) is 5.45. The lowest BCUT2D eigenvalue weighted by Gasteiger charge is -2.16. The Labute approximate surface area is 175 Å². The van der Waals surface area contributed by atoms with E-state index in [9.17, 15) is 14.7 Å². The predicted octanol–water partition coefficient (Wildman–Crippen LogP) is 4.04. The van der Waals surface area contributed by atoms with Gasteiger partial charge in [-0.1, -0.05) is 43.7 Å². The molecule has 2 aromatic rings. The molecule has 6 heteroatoms. The normalized spacial score (nSPS) is 14.3. The van der Waals surface area contributed by atoms with Crippen LogP contribution < -0.4 is 9.64 Å². The van der Waals surface area contributed by atoms with E-state index in [1.807, 2.05) is 31.2 Å². The second-order valence-electron chi connectivity index (χ2n) is 7.29. The molecule has 1 heterocycles. The number of aryl methyl sites for hydroxylation is 1. The molecular formula is C23H25NO4S. The Bertz CT molecular complexity index is 917. The minimum atomic E-state index is -0.361. The molecule has 2 aromatic carbocycles. The SMILES string of the molecule is Cc1ccc(C2=C(SCCO)C(=O)N(c3ccc(OCC(C)C)cc3)C2=O)cc1.